The van der Waals surface area contributed by atoms with Gasteiger partial charge in [-0.05, 0) is 44.9 Å². The first kappa shape index (κ1) is 22.2. The molecule has 0 fully saturated rings. The third kappa shape index (κ3) is 4.80. The maximum Gasteiger partial charge on any atom is 0.315 e. The minimum Gasteiger partial charge on any atom is -0.462 e. The standard InChI is InChI=1S/C22H26FN3O3S/c1-5-6-11-30-22-25-19-18(20(27)26-22)17(14-7-9-15(23)10-8-14)16(13(4)24-19)21(28)29-12(2)3/h7-10,12,16-17H,5-6,11H2,1-4H3,(H,25,26,27). The molecule has 1 aromatic carbocycles. The largest absolute Gasteiger partial charge is 0.462 e. The van der Waals surface area contributed by atoms with E-state index >= 15 is 0 Å². The molecule has 30 heavy (non-hydrogen) atoms. The lowest BCUT2D eigenvalue weighted by molar-refractivity contribution is -0.150. The van der Waals surface area contributed by atoms with Crippen molar-refractivity contribution < 1.29 is 13.9 Å². The molecule has 8 heteroatoms. The number of nitrogens with one attached hydrogen (secondary N) is 1. The Morgan fingerprint density at radius 2 is 2.00 bits per heavy atom. The van der Waals surface area contributed by atoms with Gasteiger partial charge < -0.3 is 9.72 Å². The molecule has 2 aromatic rings. The highest BCUT2D eigenvalue weighted by molar-refractivity contribution is 7.99. The van der Waals surface area contributed by atoms with Crippen LogP contribution < -0.4 is 5.56 Å². The second kappa shape index (κ2) is 9.55. The van der Waals surface area contributed by atoms with E-state index < -0.39 is 23.6 Å². The van der Waals surface area contributed by atoms with Crippen LogP contribution in [-0.2, 0) is 9.53 Å². The van der Waals surface area contributed by atoms with Crippen molar-refractivity contribution in [2.24, 2.45) is 10.9 Å². The van der Waals surface area contributed by atoms with E-state index in [1.54, 1.807) is 32.9 Å². The van der Waals surface area contributed by atoms with E-state index in [9.17, 15) is 14.0 Å². The van der Waals surface area contributed by atoms with Gasteiger partial charge in [0.15, 0.2) is 11.0 Å². The van der Waals surface area contributed by atoms with E-state index in [0.717, 1.165) is 18.6 Å². The quantitative estimate of drug-likeness (QED) is 0.300. The minimum atomic E-state index is -0.785. The number of ether oxygens (including phenoxy) is 1. The Balaban J connectivity index is 2.12. The van der Waals surface area contributed by atoms with Gasteiger partial charge in [-0.25, -0.2) is 14.4 Å². The number of thioether (sulfide) groups is 1. The van der Waals surface area contributed by atoms with Crippen LogP contribution in [0.4, 0.5) is 10.2 Å². The molecule has 1 aliphatic heterocycles. The number of H-pyrrole nitrogens is 1. The van der Waals surface area contributed by atoms with Crippen LogP contribution in [0.15, 0.2) is 39.2 Å². The second-order valence-electron chi connectivity index (χ2n) is 7.56. The van der Waals surface area contributed by atoms with Crippen molar-refractivity contribution >= 4 is 29.3 Å². The molecule has 1 aromatic heterocycles. The van der Waals surface area contributed by atoms with Crippen LogP contribution in [0.5, 0.6) is 0 Å². The van der Waals surface area contributed by atoms with Crippen molar-refractivity contribution in [2.45, 2.75) is 57.7 Å². The predicted octanol–water partition coefficient (Wildman–Crippen LogP) is 4.61. The summed E-state index contributed by atoms with van der Waals surface area (Å²) in [4.78, 5) is 37.8. The van der Waals surface area contributed by atoms with Crippen molar-refractivity contribution in [3.63, 3.8) is 0 Å². The van der Waals surface area contributed by atoms with Gasteiger partial charge in [0.2, 0.25) is 0 Å². The number of hydrogen-bond donors (Lipinski definition) is 1. The summed E-state index contributed by atoms with van der Waals surface area (Å²) in [5, 5.41) is 0.504. The van der Waals surface area contributed by atoms with E-state index in [4.69, 9.17) is 4.74 Å². The van der Waals surface area contributed by atoms with Crippen LogP contribution in [0.2, 0.25) is 0 Å². The highest BCUT2D eigenvalue weighted by atomic mass is 32.2. The van der Waals surface area contributed by atoms with Gasteiger partial charge in [-0.2, -0.15) is 0 Å². The van der Waals surface area contributed by atoms with Crippen LogP contribution in [-0.4, -0.2) is 33.5 Å². The summed E-state index contributed by atoms with van der Waals surface area (Å²) in [6.45, 7) is 7.36. The van der Waals surface area contributed by atoms with E-state index in [0.29, 0.717) is 27.8 Å². The molecule has 3 rings (SSSR count). The topological polar surface area (TPSA) is 84.4 Å². The van der Waals surface area contributed by atoms with Crippen molar-refractivity contribution in [3.8, 4) is 0 Å². The van der Waals surface area contributed by atoms with Crippen molar-refractivity contribution in [2.75, 3.05) is 5.75 Å². The molecular formula is C22H26FN3O3S. The Labute approximate surface area is 179 Å². The summed E-state index contributed by atoms with van der Waals surface area (Å²) in [6, 6.07) is 5.80. The predicted molar refractivity (Wildman–Crippen MR) is 116 cm³/mol. The Kier molecular flexibility index (Phi) is 7.07. The number of hydrogen-bond acceptors (Lipinski definition) is 6. The number of benzene rings is 1. The maximum absolute atomic E-state index is 13.5. The maximum atomic E-state index is 13.5. The molecule has 6 nitrogen and oxygen atoms in total. The van der Waals surface area contributed by atoms with Gasteiger partial charge in [0.1, 0.15) is 11.7 Å². The smallest absolute Gasteiger partial charge is 0.315 e. The van der Waals surface area contributed by atoms with Crippen molar-refractivity contribution in [1.82, 2.24) is 9.97 Å². The molecule has 0 spiro atoms. The monoisotopic (exact) mass is 431 g/mol. The first-order valence-corrected chi connectivity index (χ1v) is 11.1. The number of carbonyl (C=O) groups is 1. The average molecular weight is 432 g/mol. The molecule has 1 N–H and O–H groups in total. The Bertz CT molecular complexity index is 1000. The van der Waals surface area contributed by atoms with Gasteiger partial charge in [-0.15, -0.1) is 0 Å². The van der Waals surface area contributed by atoms with E-state index in [1.165, 1.54) is 23.9 Å². The van der Waals surface area contributed by atoms with Gasteiger partial charge in [-0.1, -0.05) is 37.2 Å². The van der Waals surface area contributed by atoms with Crippen molar-refractivity contribution in [1.29, 1.82) is 0 Å². The number of fused-ring (bicyclic) bond motifs is 1. The van der Waals surface area contributed by atoms with Crippen LogP contribution in [0, 0.1) is 11.7 Å². The number of rotatable bonds is 7. The molecule has 2 heterocycles. The molecule has 2 unspecified atom stereocenters. The molecule has 0 radical (unpaired) electrons. The van der Waals surface area contributed by atoms with Crippen LogP contribution in [0.1, 0.15) is 57.6 Å². The van der Waals surface area contributed by atoms with Gasteiger partial charge in [-0.3, -0.25) is 9.59 Å². The highest BCUT2D eigenvalue weighted by Gasteiger charge is 2.41. The molecule has 2 atom stereocenters. The van der Waals surface area contributed by atoms with Gasteiger partial charge in [0.25, 0.3) is 5.56 Å². The summed E-state index contributed by atoms with van der Waals surface area (Å²) in [5.41, 5.74) is 1.12. The lowest BCUT2D eigenvalue weighted by Crippen LogP contribution is -2.37. The lowest BCUT2D eigenvalue weighted by atomic mass is 9.77. The van der Waals surface area contributed by atoms with E-state index in [-0.39, 0.29) is 11.7 Å². The van der Waals surface area contributed by atoms with Crippen LogP contribution >= 0.6 is 11.8 Å². The zero-order valence-corrected chi connectivity index (χ0v) is 18.4. The van der Waals surface area contributed by atoms with Gasteiger partial charge in [0.05, 0.1) is 11.7 Å². The zero-order chi connectivity index (χ0) is 21.8. The fourth-order valence-corrected chi connectivity index (χ4v) is 4.43. The third-order valence-corrected chi connectivity index (χ3v) is 5.82. The third-order valence-electron chi connectivity index (χ3n) is 4.86. The molecular weight excluding hydrogens is 405 g/mol. The molecule has 0 bridgehead atoms. The van der Waals surface area contributed by atoms with E-state index in [1.807, 2.05) is 0 Å². The Morgan fingerprint density at radius 3 is 2.63 bits per heavy atom. The molecule has 0 amide bonds. The number of nitrogens with zero attached hydrogens (tertiary/aromatic N) is 2. The first-order valence-electron chi connectivity index (χ1n) is 10.1. The number of carbonyl (C=O) groups excluding carboxylic acids is 1. The number of halogens is 1. The van der Waals surface area contributed by atoms with Gasteiger partial charge >= 0.3 is 5.97 Å². The molecule has 160 valence electrons. The molecule has 0 saturated carbocycles. The first-order chi connectivity index (χ1) is 14.3. The Morgan fingerprint density at radius 1 is 1.30 bits per heavy atom. The molecule has 0 saturated heterocycles. The number of esters is 1. The summed E-state index contributed by atoms with van der Waals surface area (Å²) in [5.74, 6) is -1.16. The SMILES string of the molecule is CCCCSc1nc2c(c(=O)[nH]1)C(c1ccc(F)cc1)C(C(=O)OC(C)C)C(C)=N2. The number of aromatic amines is 1. The Hall–Kier alpha value is -2.48. The van der Waals surface area contributed by atoms with Gasteiger partial charge in [0, 0.05) is 17.4 Å². The number of aliphatic imine (C=N–C) groups is 1. The van der Waals surface area contributed by atoms with Crippen LogP contribution in [0.25, 0.3) is 0 Å². The average Bonchev–Trinajstić information content (AvgIpc) is 2.67. The normalized spacial score (nSPS) is 18.1. The minimum absolute atomic E-state index is 0.303. The molecule has 0 aliphatic carbocycles. The number of aromatic nitrogens is 2. The summed E-state index contributed by atoms with van der Waals surface area (Å²) in [6.07, 6.45) is 1.75. The van der Waals surface area contributed by atoms with E-state index in [2.05, 4.69) is 21.9 Å². The van der Waals surface area contributed by atoms with Crippen molar-refractivity contribution in [3.05, 3.63) is 51.6 Å². The lowest BCUT2D eigenvalue weighted by Gasteiger charge is -2.30. The highest BCUT2D eigenvalue weighted by Crippen LogP contribution is 2.40. The van der Waals surface area contributed by atoms with Crippen LogP contribution in [0.3, 0.4) is 0 Å². The second-order valence-corrected chi connectivity index (χ2v) is 8.64. The summed E-state index contributed by atoms with van der Waals surface area (Å²) < 4.78 is 19.0. The summed E-state index contributed by atoms with van der Waals surface area (Å²) in [7, 11) is 0. The number of unbranched alkanes of at least 4 members (excludes halogenated alkanes) is 1. The zero-order valence-electron chi connectivity index (χ0n) is 17.6. The molecule has 1 aliphatic rings. The fraction of sp³-hybridized carbons (Fsp3) is 0.455. The fourth-order valence-electron chi connectivity index (χ4n) is 3.48. The summed E-state index contributed by atoms with van der Waals surface area (Å²) >= 11 is 1.47.